The summed E-state index contributed by atoms with van der Waals surface area (Å²) in [4.78, 5) is 42.1. The Labute approximate surface area is 275 Å². The normalized spacial score (nSPS) is 13.2. The Morgan fingerprint density at radius 1 is 0.958 bits per heavy atom. The van der Waals surface area contributed by atoms with E-state index in [9.17, 15) is 32.8 Å². The molecule has 1 heterocycles. The van der Waals surface area contributed by atoms with Crippen LogP contribution >= 0.6 is 0 Å². The van der Waals surface area contributed by atoms with E-state index in [0.29, 0.717) is 18.4 Å². The Balaban J connectivity index is 1.62. The van der Waals surface area contributed by atoms with Crippen molar-refractivity contribution in [2.24, 2.45) is 0 Å². The molecule has 1 aromatic heterocycles. The summed E-state index contributed by atoms with van der Waals surface area (Å²) in [6.45, 7) is 3.51. The number of nitrogens with one attached hydrogen (secondary N) is 1. The van der Waals surface area contributed by atoms with Crippen LogP contribution in [0.15, 0.2) is 78.9 Å². The Hall–Kier alpha value is -5.38. The number of ketones is 1. The van der Waals surface area contributed by atoms with Gasteiger partial charge in [-0.3, -0.25) is 9.59 Å². The van der Waals surface area contributed by atoms with Crippen molar-refractivity contribution < 1.29 is 32.3 Å². The van der Waals surface area contributed by atoms with E-state index in [4.69, 9.17) is 4.74 Å². The summed E-state index contributed by atoms with van der Waals surface area (Å²) in [6, 6.07) is 24.5. The van der Waals surface area contributed by atoms with Gasteiger partial charge in [-0.1, -0.05) is 84.4 Å². The number of esters is 1. The van der Waals surface area contributed by atoms with E-state index in [1.54, 1.807) is 55.5 Å². The molecule has 4 rings (SSSR count). The summed E-state index contributed by atoms with van der Waals surface area (Å²) in [7, 11) is 0. The van der Waals surface area contributed by atoms with Crippen molar-refractivity contribution >= 4 is 17.7 Å². The van der Waals surface area contributed by atoms with Gasteiger partial charge in [0.1, 0.15) is 6.07 Å². The topological polar surface area (TPSA) is 140 Å². The zero-order valence-electron chi connectivity index (χ0n) is 26.5. The lowest BCUT2D eigenvalue weighted by Gasteiger charge is -2.33. The number of amides is 1. The van der Waals surface area contributed by atoms with Gasteiger partial charge in [0, 0.05) is 24.3 Å². The maximum absolute atomic E-state index is 13.7. The van der Waals surface area contributed by atoms with Crippen LogP contribution in [0.25, 0.3) is 0 Å². The molecule has 0 aliphatic rings. The molecule has 2 atom stereocenters. The number of aryl methyl sites for hydroxylation is 2. The Morgan fingerprint density at radius 3 is 2.27 bits per heavy atom. The molecule has 48 heavy (non-hydrogen) atoms. The number of alkyl halides is 3. The molecule has 13 heteroatoms. The lowest BCUT2D eigenvalue weighted by atomic mass is 9.76. The number of nitriles is 1. The molecule has 0 aliphatic heterocycles. The number of unbranched alkanes of at least 4 members (excludes halogenated alkanes) is 1. The number of rotatable bonds is 15. The largest absolute Gasteiger partial charge is 0.463 e. The van der Waals surface area contributed by atoms with E-state index in [-0.39, 0.29) is 31.6 Å². The predicted molar refractivity (Wildman–Crippen MR) is 169 cm³/mol. The molecular weight excluding hydrogens is 625 g/mol. The summed E-state index contributed by atoms with van der Waals surface area (Å²) < 4.78 is 42.7. The van der Waals surface area contributed by atoms with Crippen molar-refractivity contribution in [3.8, 4) is 6.07 Å². The quantitative estimate of drug-likeness (QED) is 0.0942. The van der Waals surface area contributed by atoms with Crippen LogP contribution in [-0.4, -0.2) is 56.2 Å². The molecule has 250 valence electrons. The molecule has 0 radical (unpaired) electrons. The summed E-state index contributed by atoms with van der Waals surface area (Å²) in [5.41, 5.74) is 0.816. The summed E-state index contributed by atoms with van der Waals surface area (Å²) >= 11 is 0. The van der Waals surface area contributed by atoms with Gasteiger partial charge in [-0.15, -0.1) is 10.2 Å². The first-order valence-corrected chi connectivity index (χ1v) is 15.4. The van der Waals surface area contributed by atoms with Gasteiger partial charge >= 0.3 is 12.1 Å². The highest BCUT2D eigenvalue weighted by atomic mass is 19.4. The molecule has 0 spiro atoms. The third-order valence-electron chi connectivity index (χ3n) is 7.75. The fourth-order valence-electron chi connectivity index (χ4n) is 5.19. The van der Waals surface area contributed by atoms with Crippen molar-refractivity contribution in [1.29, 1.82) is 5.26 Å². The number of hydrogen-bond donors (Lipinski definition) is 1. The standard InChI is InChI=1S/C35H35F3N6O4/c1-3-48-33(47)34(23-39,40-32(46)31-41-43-44(42-31)22-26-10-5-4-6-11-26)29(27-16-12-24(2)13-17-27)21-30(45)28-18-14-25(15-19-28)9-7-8-20-35(36,37)38/h4-6,10-19,29H,3,7-9,20-22H2,1-2H3,(H,40,46). The van der Waals surface area contributed by atoms with Gasteiger partial charge in [0.05, 0.1) is 13.2 Å². The molecule has 0 bridgehead atoms. The molecule has 0 saturated heterocycles. The van der Waals surface area contributed by atoms with Crippen molar-refractivity contribution in [2.75, 3.05) is 6.61 Å². The van der Waals surface area contributed by atoms with Crippen molar-refractivity contribution in [1.82, 2.24) is 25.5 Å². The molecule has 3 aromatic carbocycles. The monoisotopic (exact) mass is 660 g/mol. The highest BCUT2D eigenvalue weighted by molar-refractivity contribution is 6.00. The number of Topliss-reactive ketones (excluding diaryl/α,β-unsaturated/α-hetero) is 1. The summed E-state index contributed by atoms with van der Waals surface area (Å²) in [6.07, 6.45) is -4.70. The van der Waals surface area contributed by atoms with Crippen molar-refractivity contribution in [3.05, 3.63) is 113 Å². The number of ether oxygens (including phenoxy) is 1. The van der Waals surface area contributed by atoms with Crippen molar-refractivity contribution in [2.45, 2.75) is 70.1 Å². The molecule has 1 N–H and O–H groups in total. The molecule has 0 aliphatic carbocycles. The number of benzene rings is 3. The second-order valence-corrected chi connectivity index (χ2v) is 11.3. The van der Waals surface area contributed by atoms with Gasteiger partial charge in [-0.05, 0) is 55.0 Å². The minimum absolute atomic E-state index is 0.00289. The van der Waals surface area contributed by atoms with Gasteiger partial charge in [0.25, 0.3) is 11.7 Å². The molecule has 0 saturated carbocycles. The highest BCUT2D eigenvalue weighted by Crippen LogP contribution is 2.35. The fraction of sp³-hybridized carbons (Fsp3) is 0.343. The van der Waals surface area contributed by atoms with Gasteiger partial charge in [0.15, 0.2) is 5.78 Å². The minimum Gasteiger partial charge on any atom is -0.463 e. The van der Waals surface area contributed by atoms with E-state index in [1.165, 1.54) is 4.80 Å². The molecule has 0 fully saturated rings. The number of nitrogens with zero attached hydrogens (tertiary/aromatic N) is 5. The third kappa shape index (κ3) is 9.34. The van der Waals surface area contributed by atoms with Crippen LogP contribution in [0.4, 0.5) is 13.2 Å². The number of carbonyl (C=O) groups excluding carboxylic acids is 3. The van der Waals surface area contributed by atoms with Gasteiger partial charge in [-0.2, -0.15) is 23.2 Å². The first-order valence-electron chi connectivity index (χ1n) is 15.4. The van der Waals surface area contributed by atoms with Gasteiger partial charge in [-0.25, -0.2) is 4.79 Å². The molecule has 10 nitrogen and oxygen atoms in total. The number of carbonyl (C=O) groups is 3. The summed E-state index contributed by atoms with van der Waals surface area (Å²) in [5.74, 6) is -4.07. The number of halogens is 3. The van der Waals surface area contributed by atoms with Crippen LogP contribution in [0.5, 0.6) is 0 Å². The zero-order chi connectivity index (χ0) is 34.7. The van der Waals surface area contributed by atoms with E-state index in [2.05, 4.69) is 20.7 Å². The van der Waals surface area contributed by atoms with E-state index in [1.807, 2.05) is 43.3 Å². The molecule has 2 unspecified atom stereocenters. The average molecular weight is 661 g/mol. The molecular formula is C35H35F3N6O4. The number of aromatic nitrogens is 4. The average Bonchev–Trinajstić information content (AvgIpc) is 3.54. The van der Waals surface area contributed by atoms with Crippen LogP contribution in [0, 0.1) is 18.3 Å². The summed E-state index contributed by atoms with van der Waals surface area (Å²) in [5, 5.41) is 25.0. The second kappa shape index (κ2) is 15.9. The Morgan fingerprint density at radius 2 is 1.65 bits per heavy atom. The maximum Gasteiger partial charge on any atom is 0.389 e. The highest BCUT2D eigenvalue weighted by Gasteiger charge is 2.51. The van der Waals surface area contributed by atoms with Crippen LogP contribution in [-0.2, 0) is 22.5 Å². The van der Waals surface area contributed by atoms with Crippen molar-refractivity contribution in [3.63, 3.8) is 0 Å². The number of hydrogen-bond acceptors (Lipinski definition) is 8. The van der Waals surface area contributed by atoms with Crippen LogP contribution < -0.4 is 5.32 Å². The lowest BCUT2D eigenvalue weighted by molar-refractivity contribution is -0.149. The second-order valence-electron chi connectivity index (χ2n) is 11.3. The zero-order valence-corrected chi connectivity index (χ0v) is 26.5. The molecule has 1 amide bonds. The first kappa shape index (κ1) is 35.5. The van der Waals surface area contributed by atoms with E-state index < -0.39 is 47.5 Å². The maximum atomic E-state index is 13.7. The van der Waals surface area contributed by atoms with Gasteiger partial charge in [0.2, 0.25) is 5.54 Å². The minimum atomic E-state index is -4.21. The number of tetrazole rings is 1. The van der Waals surface area contributed by atoms with Crippen LogP contribution in [0.2, 0.25) is 0 Å². The predicted octanol–water partition coefficient (Wildman–Crippen LogP) is 5.92. The van der Waals surface area contributed by atoms with E-state index >= 15 is 0 Å². The fourth-order valence-corrected chi connectivity index (χ4v) is 5.19. The smallest absolute Gasteiger partial charge is 0.389 e. The lowest BCUT2D eigenvalue weighted by Crippen LogP contribution is -2.58. The SMILES string of the molecule is CCOC(=O)C(C#N)(NC(=O)c1nnn(Cc2ccccc2)n1)C(CC(=O)c1ccc(CCCCC(F)(F)F)cc1)c1ccc(C)cc1. The first-order chi connectivity index (χ1) is 22.9. The Bertz CT molecular complexity index is 1740. The van der Waals surface area contributed by atoms with Crippen LogP contribution in [0.1, 0.15) is 81.8 Å². The van der Waals surface area contributed by atoms with Crippen LogP contribution in [0.3, 0.4) is 0 Å². The van der Waals surface area contributed by atoms with E-state index in [0.717, 1.165) is 16.7 Å². The van der Waals surface area contributed by atoms with Gasteiger partial charge < -0.3 is 10.1 Å². The molecule has 4 aromatic rings. The third-order valence-corrected chi connectivity index (χ3v) is 7.75. The Kier molecular flexibility index (Phi) is 11.8.